The third-order valence-electron chi connectivity index (χ3n) is 10.4. The van der Waals surface area contributed by atoms with Crippen molar-refractivity contribution in [1.82, 2.24) is 26.0 Å². The summed E-state index contributed by atoms with van der Waals surface area (Å²) in [4.78, 5) is 19.5. The van der Waals surface area contributed by atoms with Crippen LogP contribution in [-0.4, -0.2) is 73.0 Å². The summed E-state index contributed by atoms with van der Waals surface area (Å²) in [6, 6.07) is 8.70. The highest BCUT2D eigenvalue weighted by Gasteiger charge is 2.47. The van der Waals surface area contributed by atoms with Gasteiger partial charge in [0, 0.05) is 56.8 Å². The first kappa shape index (κ1) is 33.9. The van der Waals surface area contributed by atoms with E-state index in [1.165, 1.54) is 24.0 Å². The van der Waals surface area contributed by atoms with Crippen LogP contribution in [0.4, 0.5) is 8.78 Å². The van der Waals surface area contributed by atoms with Crippen LogP contribution in [0.3, 0.4) is 0 Å². The highest BCUT2D eigenvalue weighted by atomic mass is 19.3. The van der Waals surface area contributed by atoms with E-state index in [1.54, 1.807) is 7.05 Å². The number of nitrogens with zero attached hydrogens (tertiary/aromatic N) is 2. The molecular formula is C35H57F2N5O. The molecule has 2 aliphatic heterocycles. The molecule has 2 saturated heterocycles. The van der Waals surface area contributed by atoms with Crippen molar-refractivity contribution in [2.24, 2.45) is 17.8 Å². The first-order chi connectivity index (χ1) is 20.7. The van der Waals surface area contributed by atoms with Gasteiger partial charge in [0.2, 0.25) is 11.8 Å². The van der Waals surface area contributed by atoms with Crippen LogP contribution in [0.1, 0.15) is 89.7 Å². The lowest BCUT2D eigenvalue weighted by molar-refractivity contribution is -0.144. The van der Waals surface area contributed by atoms with Gasteiger partial charge in [0.25, 0.3) is 0 Å². The van der Waals surface area contributed by atoms with Gasteiger partial charge in [-0.2, -0.15) is 0 Å². The Bertz CT molecular complexity index is 1040. The molecule has 0 aromatic heterocycles. The van der Waals surface area contributed by atoms with Gasteiger partial charge in [0.1, 0.15) is 6.04 Å². The number of aryl methyl sites for hydroxylation is 2. The predicted molar refractivity (Wildman–Crippen MR) is 172 cm³/mol. The Morgan fingerprint density at radius 1 is 1.12 bits per heavy atom. The summed E-state index contributed by atoms with van der Waals surface area (Å²) in [5.41, 5.74) is 9.50. The fourth-order valence-corrected chi connectivity index (χ4v) is 7.94. The average Bonchev–Trinajstić information content (AvgIpc) is 3.39. The first-order valence-corrected chi connectivity index (χ1v) is 17.0. The molecule has 1 aromatic carbocycles. The zero-order valence-electron chi connectivity index (χ0n) is 27.1. The number of hydrazine groups is 1. The smallest absolute Gasteiger partial charge is 0.248 e. The van der Waals surface area contributed by atoms with E-state index >= 15 is 0 Å². The normalized spacial score (nSPS) is 25.7. The van der Waals surface area contributed by atoms with Crippen molar-refractivity contribution in [2.45, 2.75) is 115 Å². The molecule has 0 spiro atoms. The van der Waals surface area contributed by atoms with Gasteiger partial charge < -0.3 is 10.2 Å². The van der Waals surface area contributed by atoms with Crippen molar-refractivity contribution >= 4 is 5.91 Å². The number of benzene rings is 1. The topological polar surface area (TPSA) is 59.6 Å². The molecule has 1 amide bonds. The molecule has 5 atom stereocenters. The fraction of sp³-hybridized carbons (Fsp3) is 0.743. The molecule has 43 heavy (non-hydrogen) atoms. The van der Waals surface area contributed by atoms with E-state index in [2.05, 4.69) is 77.6 Å². The standard InChI is InChI=1S/C35H57F2N5O/c1-6-11-27-20-31-23-42(34(43)33(40-26(4)21-39-38-5)30-16-18-35(36,37)19-17-30)32(24-41(31)22-27)25(3)12-10-15-29-14-9-8-13-28(29)7-2/h8-9,13-14,25,27,30-33,38-40H,4,6-7,10-12,15-24H2,1-3,5H3/t25-,27?,31?,32?,33?/m1/s1. The van der Waals surface area contributed by atoms with E-state index in [0.717, 1.165) is 51.7 Å². The van der Waals surface area contributed by atoms with Crippen molar-refractivity contribution in [3.63, 3.8) is 0 Å². The second kappa shape index (κ2) is 15.8. The average molecular weight is 602 g/mol. The Balaban J connectivity index is 1.52. The summed E-state index contributed by atoms with van der Waals surface area (Å²) in [5.74, 6) is -1.66. The van der Waals surface area contributed by atoms with Crippen LogP contribution < -0.4 is 16.2 Å². The number of hydrogen-bond donors (Lipinski definition) is 3. The first-order valence-electron chi connectivity index (χ1n) is 17.0. The molecule has 8 heteroatoms. The van der Waals surface area contributed by atoms with Crippen LogP contribution in [0.15, 0.2) is 36.5 Å². The minimum Gasteiger partial charge on any atom is -0.376 e. The van der Waals surface area contributed by atoms with Crippen LogP contribution in [-0.2, 0) is 17.6 Å². The SMILES string of the molecule is C=C(CNNC)NC(C(=O)N1CC2CC(CCC)CN2CC1[C@H](C)CCCc1ccccc1CC)C1CCC(F)(F)CC1. The van der Waals surface area contributed by atoms with Gasteiger partial charge in [-0.1, -0.05) is 58.0 Å². The zero-order valence-corrected chi connectivity index (χ0v) is 27.1. The number of carbonyl (C=O) groups is 1. The maximum atomic E-state index is 14.6. The second-order valence-corrected chi connectivity index (χ2v) is 13.6. The lowest BCUT2D eigenvalue weighted by Gasteiger charge is -2.48. The van der Waals surface area contributed by atoms with Crippen molar-refractivity contribution < 1.29 is 13.6 Å². The summed E-state index contributed by atoms with van der Waals surface area (Å²) >= 11 is 0. The van der Waals surface area contributed by atoms with Gasteiger partial charge in [-0.15, -0.1) is 0 Å². The molecule has 3 fully saturated rings. The number of amides is 1. The highest BCUT2D eigenvalue weighted by Crippen LogP contribution is 2.39. The summed E-state index contributed by atoms with van der Waals surface area (Å²) in [7, 11) is 1.79. The molecule has 0 radical (unpaired) electrons. The van der Waals surface area contributed by atoms with Crippen molar-refractivity contribution in [3.05, 3.63) is 47.7 Å². The van der Waals surface area contributed by atoms with Crippen LogP contribution in [0.5, 0.6) is 0 Å². The third kappa shape index (κ3) is 9.01. The Kier molecular flexibility index (Phi) is 12.4. The Labute approximate surface area is 259 Å². The van der Waals surface area contributed by atoms with Gasteiger partial charge in [-0.05, 0) is 87.3 Å². The van der Waals surface area contributed by atoms with Crippen LogP contribution in [0, 0.1) is 17.8 Å². The summed E-state index contributed by atoms with van der Waals surface area (Å²) < 4.78 is 28.3. The monoisotopic (exact) mass is 601 g/mol. The van der Waals surface area contributed by atoms with E-state index in [1.807, 2.05) is 0 Å². The second-order valence-electron chi connectivity index (χ2n) is 13.6. The predicted octanol–water partition coefficient (Wildman–Crippen LogP) is 5.93. The number of halogens is 2. The number of fused-ring (bicyclic) bond motifs is 1. The summed E-state index contributed by atoms with van der Waals surface area (Å²) in [6.07, 6.45) is 8.19. The van der Waals surface area contributed by atoms with E-state index in [4.69, 9.17) is 0 Å². The van der Waals surface area contributed by atoms with Gasteiger partial charge in [0.05, 0.1) is 0 Å². The van der Waals surface area contributed by atoms with Gasteiger partial charge in [0.15, 0.2) is 0 Å². The van der Waals surface area contributed by atoms with Crippen molar-refractivity contribution in [2.75, 3.05) is 33.2 Å². The zero-order chi connectivity index (χ0) is 31.0. The maximum Gasteiger partial charge on any atom is 0.248 e. The van der Waals surface area contributed by atoms with Gasteiger partial charge >= 0.3 is 0 Å². The maximum absolute atomic E-state index is 14.6. The molecule has 3 aliphatic rings. The molecular weight excluding hydrogens is 544 g/mol. The van der Waals surface area contributed by atoms with E-state index in [0.29, 0.717) is 43.0 Å². The number of rotatable bonds is 15. The van der Waals surface area contributed by atoms with Crippen molar-refractivity contribution in [3.8, 4) is 0 Å². The van der Waals surface area contributed by atoms with Gasteiger partial charge in [-0.3, -0.25) is 20.5 Å². The third-order valence-corrected chi connectivity index (χ3v) is 10.4. The number of alkyl halides is 2. The Morgan fingerprint density at radius 2 is 1.84 bits per heavy atom. The van der Waals surface area contributed by atoms with Crippen LogP contribution in [0.2, 0.25) is 0 Å². The fourth-order valence-electron chi connectivity index (χ4n) is 7.94. The lowest BCUT2D eigenvalue weighted by atomic mass is 9.80. The Morgan fingerprint density at radius 3 is 2.51 bits per heavy atom. The summed E-state index contributed by atoms with van der Waals surface area (Å²) in [6.45, 7) is 14.2. The van der Waals surface area contributed by atoms with E-state index in [-0.39, 0.29) is 30.7 Å². The lowest BCUT2D eigenvalue weighted by Crippen LogP contribution is -2.64. The highest BCUT2D eigenvalue weighted by molar-refractivity contribution is 5.83. The molecule has 242 valence electrons. The number of nitrogens with one attached hydrogen (secondary N) is 3. The Hall–Kier alpha value is -2.03. The minimum absolute atomic E-state index is 0.0765. The molecule has 6 nitrogen and oxygen atoms in total. The minimum atomic E-state index is -2.63. The number of carbonyl (C=O) groups excluding carboxylic acids is 1. The van der Waals surface area contributed by atoms with E-state index < -0.39 is 12.0 Å². The molecule has 1 aromatic rings. The molecule has 3 N–H and O–H groups in total. The quantitative estimate of drug-likeness (QED) is 0.218. The molecule has 1 aliphatic carbocycles. The largest absolute Gasteiger partial charge is 0.376 e. The molecule has 4 unspecified atom stereocenters. The number of hydrogen-bond acceptors (Lipinski definition) is 5. The molecule has 4 rings (SSSR count). The van der Waals surface area contributed by atoms with Crippen LogP contribution >= 0.6 is 0 Å². The van der Waals surface area contributed by atoms with Crippen molar-refractivity contribution in [1.29, 1.82) is 0 Å². The number of piperazine rings is 1. The van der Waals surface area contributed by atoms with E-state index in [9.17, 15) is 13.6 Å². The molecule has 2 heterocycles. The summed E-state index contributed by atoms with van der Waals surface area (Å²) in [5, 5.41) is 3.42. The van der Waals surface area contributed by atoms with Gasteiger partial charge in [-0.25, -0.2) is 8.78 Å². The molecule has 1 saturated carbocycles. The van der Waals surface area contributed by atoms with Crippen LogP contribution in [0.25, 0.3) is 0 Å². The molecule has 0 bridgehead atoms.